The highest BCUT2D eigenvalue weighted by molar-refractivity contribution is 7.80. The van der Waals surface area contributed by atoms with Gasteiger partial charge in [-0.25, -0.2) is 0 Å². The van der Waals surface area contributed by atoms with E-state index in [1.807, 2.05) is 48.2 Å². The molecular formula is C22H16ClNOS4. The van der Waals surface area contributed by atoms with Gasteiger partial charge in [0, 0.05) is 21.2 Å². The Morgan fingerprint density at radius 3 is 2.62 bits per heavy atom. The van der Waals surface area contributed by atoms with Crippen molar-refractivity contribution in [1.82, 2.24) is 0 Å². The number of carbonyl (C=O) groups excluding carboxylic acids is 1. The van der Waals surface area contributed by atoms with Crippen molar-refractivity contribution in [3.63, 3.8) is 0 Å². The first kappa shape index (κ1) is 19.4. The number of fused-ring (bicyclic) bond motifs is 4. The van der Waals surface area contributed by atoms with E-state index >= 15 is 0 Å². The van der Waals surface area contributed by atoms with E-state index < -0.39 is 5.54 Å². The predicted octanol–water partition coefficient (Wildman–Crippen LogP) is 8.28. The minimum Gasteiger partial charge on any atom is -0.296 e. The lowest BCUT2D eigenvalue weighted by Crippen LogP contribution is -2.48. The van der Waals surface area contributed by atoms with E-state index in [9.17, 15) is 4.79 Å². The number of nitrogens with zero attached hydrogens (tertiary/aromatic N) is 1. The van der Waals surface area contributed by atoms with Crippen LogP contribution < -0.4 is 4.90 Å². The van der Waals surface area contributed by atoms with Gasteiger partial charge in [-0.15, -0.1) is 11.3 Å². The van der Waals surface area contributed by atoms with Crippen LogP contribution in [0.25, 0.3) is 21.2 Å². The van der Waals surface area contributed by atoms with Gasteiger partial charge in [-0.1, -0.05) is 80.9 Å². The molecule has 1 aliphatic heterocycles. The van der Waals surface area contributed by atoms with Crippen molar-refractivity contribution in [2.24, 2.45) is 0 Å². The van der Waals surface area contributed by atoms with E-state index in [1.54, 1.807) is 20.7 Å². The summed E-state index contributed by atoms with van der Waals surface area (Å²) in [6.07, 6.45) is 0. The predicted molar refractivity (Wildman–Crippen MR) is 130 cm³/mol. The van der Waals surface area contributed by atoms with Crippen molar-refractivity contribution in [2.45, 2.75) is 26.3 Å². The fourth-order valence-corrected chi connectivity index (χ4v) is 8.77. The molecule has 0 bridgehead atoms. The second-order valence-corrected chi connectivity index (χ2v) is 11.8. The number of amides is 1. The summed E-state index contributed by atoms with van der Waals surface area (Å²) >= 11 is 13.8. The number of rotatable bonds is 1. The number of carbonyl (C=O) groups is 1. The van der Waals surface area contributed by atoms with Crippen molar-refractivity contribution in [3.8, 4) is 11.1 Å². The first-order valence-corrected chi connectivity index (χ1v) is 12.8. The summed E-state index contributed by atoms with van der Waals surface area (Å²) in [6.45, 7) is 6.24. The summed E-state index contributed by atoms with van der Waals surface area (Å²) in [4.78, 5) is 17.6. The van der Waals surface area contributed by atoms with Crippen molar-refractivity contribution in [1.29, 1.82) is 0 Å². The lowest BCUT2D eigenvalue weighted by atomic mass is 9.86. The first-order valence-electron chi connectivity index (χ1n) is 9.07. The number of benzene rings is 2. The van der Waals surface area contributed by atoms with Gasteiger partial charge in [-0.3, -0.25) is 9.69 Å². The topological polar surface area (TPSA) is 20.3 Å². The van der Waals surface area contributed by atoms with Crippen LogP contribution in [-0.4, -0.2) is 5.91 Å². The molecule has 0 radical (unpaired) electrons. The fraction of sp³-hybridized carbons (Fsp3) is 0.182. The van der Waals surface area contributed by atoms with Gasteiger partial charge in [0.1, 0.15) is 8.70 Å². The second-order valence-electron chi connectivity index (χ2n) is 7.57. The molecule has 0 spiro atoms. The Bertz CT molecular complexity index is 1360. The molecule has 5 rings (SSSR count). The molecule has 2 nitrogen and oxygen atoms in total. The van der Waals surface area contributed by atoms with E-state index in [4.69, 9.17) is 23.8 Å². The van der Waals surface area contributed by atoms with Gasteiger partial charge >= 0.3 is 0 Å². The molecule has 0 aliphatic carbocycles. The number of para-hydroxylation sites is 1. The Morgan fingerprint density at radius 1 is 1.10 bits per heavy atom. The van der Waals surface area contributed by atoms with Crippen LogP contribution in [0.5, 0.6) is 0 Å². The lowest BCUT2D eigenvalue weighted by molar-refractivity contribution is 0.0965. The maximum atomic E-state index is 14.0. The maximum Gasteiger partial charge on any atom is 0.270 e. The second kappa shape index (κ2) is 6.72. The molecule has 0 saturated heterocycles. The van der Waals surface area contributed by atoms with Gasteiger partial charge in [0.15, 0.2) is 0 Å². The maximum absolute atomic E-state index is 14.0. The quantitative estimate of drug-likeness (QED) is 0.205. The third-order valence-corrected chi connectivity index (χ3v) is 10.4. The monoisotopic (exact) mass is 473 g/mol. The zero-order valence-corrected chi connectivity index (χ0v) is 19.9. The van der Waals surface area contributed by atoms with Crippen LogP contribution in [0.4, 0.5) is 5.69 Å². The molecule has 0 N–H and O–H groups in total. The summed E-state index contributed by atoms with van der Waals surface area (Å²) in [6, 6.07) is 14.0. The van der Waals surface area contributed by atoms with Crippen molar-refractivity contribution in [2.75, 3.05) is 4.90 Å². The number of anilines is 1. The Hall–Kier alpha value is -1.57. The largest absolute Gasteiger partial charge is 0.296 e. The summed E-state index contributed by atoms with van der Waals surface area (Å²) in [5, 5.41) is 1.46. The zero-order valence-electron chi connectivity index (χ0n) is 15.9. The van der Waals surface area contributed by atoms with Crippen LogP contribution in [0, 0.1) is 10.7 Å². The van der Waals surface area contributed by atoms with Crippen LogP contribution in [0.1, 0.15) is 34.0 Å². The molecule has 1 aliphatic rings. The van der Waals surface area contributed by atoms with Gasteiger partial charge < -0.3 is 0 Å². The van der Waals surface area contributed by atoms with Crippen LogP contribution in [0.3, 0.4) is 0 Å². The molecule has 0 saturated carbocycles. The standard InChI is InChI=1S/C22H16ClNOS4/c1-11-7-6-9-13-15-19(28-29-21(15)26)22(2,3)24(17(11)13)20(25)18-16(23)12-8-4-5-10-14(12)27-18/h4-10H,1-3H3. The first-order chi connectivity index (χ1) is 13.8. The zero-order chi connectivity index (χ0) is 20.5. The summed E-state index contributed by atoms with van der Waals surface area (Å²) in [7, 11) is 3.27. The number of thiophene rings is 1. The van der Waals surface area contributed by atoms with E-state index in [2.05, 4.69) is 19.9 Å². The van der Waals surface area contributed by atoms with Gasteiger partial charge in [-0.05, 0) is 32.4 Å². The molecule has 7 heteroatoms. The van der Waals surface area contributed by atoms with Crippen LogP contribution in [0.15, 0.2) is 42.5 Å². The lowest BCUT2D eigenvalue weighted by Gasteiger charge is -2.43. The number of aryl methyl sites for hydroxylation is 1. The number of halogens is 1. The molecule has 2 aromatic heterocycles. The van der Waals surface area contributed by atoms with Crippen molar-refractivity contribution in [3.05, 3.63) is 66.6 Å². The summed E-state index contributed by atoms with van der Waals surface area (Å²) in [5.41, 5.74) is 3.60. The van der Waals surface area contributed by atoms with Gasteiger partial charge in [-0.2, -0.15) is 0 Å². The molecule has 0 atom stereocenters. The Morgan fingerprint density at radius 2 is 1.86 bits per heavy atom. The molecule has 3 heterocycles. The smallest absolute Gasteiger partial charge is 0.270 e. The average molecular weight is 474 g/mol. The molecule has 29 heavy (non-hydrogen) atoms. The molecule has 146 valence electrons. The highest BCUT2D eigenvalue weighted by Gasteiger charge is 2.44. The van der Waals surface area contributed by atoms with Gasteiger partial charge in [0.2, 0.25) is 0 Å². The molecule has 0 fully saturated rings. The van der Waals surface area contributed by atoms with Crippen molar-refractivity contribution >= 4 is 77.5 Å². The SMILES string of the molecule is Cc1cccc2c1N(C(=O)c1sc3ccccc3c1Cl)C(C)(C)c1ssc(=S)c1-2. The summed E-state index contributed by atoms with van der Waals surface area (Å²) < 4.78 is 1.91. The minimum atomic E-state index is -0.525. The highest BCUT2D eigenvalue weighted by atomic mass is 35.5. The van der Waals surface area contributed by atoms with Crippen molar-refractivity contribution < 1.29 is 4.79 Å². The Labute approximate surface area is 190 Å². The Balaban J connectivity index is 1.79. The third kappa shape index (κ3) is 2.70. The molecule has 4 aromatic rings. The number of hydrogen-bond donors (Lipinski definition) is 0. The summed E-state index contributed by atoms with van der Waals surface area (Å²) in [5.74, 6) is -0.0632. The van der Waals surface area contributed by atoms with E-state index in [-0.39, 0.29) is 5.91 Å². The van der Waals surface area contributed by atoms with Crippen LogP contribution in [0.2, 0.25) is 5.02 Å². The molecule has 2 aromatic carbocycles. The van der Waals surface area contributed by atoms with E-state index in [0.29, 0.717) is 9.90 Å². The van der Waals surface area contributed by atoms with E-state index in [0.717, 1.165) is 41.2 Å². The van der Waals surface area contributed by atoms with E-state index in [1.165, 1.54) is 11.3 Å². The molecular weight excluding hydrogens is 458 g/mol. The highest BCUT2D eigenvalue weighted by Crippen LogP contribution is 2.54. The molecule has 1 amide bonds. The third-order valence-electron chi connectivity index (χ3n) is 5.41. The molecule has 0 unspecified atom stereocenters. The van der Waals surface area contributed by atoms with Crippen LogP contribution >= 0.6 is 55.8 Å². The normalized spacial score (nSPS) is 14.7. The van der Waals surface area contributed by atoms with Gasteiger partial charge in [0.25, 0.3) is 5.91 Å². The average Bonchev–Trinajstić information content (AvgIpc) is 3.24. The van der Waals surface area contributed by atoms with Gasteiger partial charge in [0.05, 0.1) is 21.1 Å². The fourth-order valence-electron chi connectivity index (χ4n) is 4.04. The minimum absolute atomic E-state index is 0.0632. The number of hydrogen-bond acceptors (Lipinski definition) is 5. The Kier molecular flexibility index (Phi) is 4.50. The van der Waals surface area contributed by atoms with Crippen LogP contribution in [-0.2, 0) is 5.54 Å².